The summed E-state index contributed by atoms with van der Waals surface area (Å²) in [5, 5.41) is 3.51. The topological polar surface area (TPSA) is 30.5 Å². The average molecular weight is 233 g/mol. The van der Waals surface area contributed by atoms with Crippen LogP contribution in [0.5, 0.6) is 0 Å². The lowest BCUT2D eigenvalue weighted by Crippen LogP contribution is -2.56. The lowest BCUT2D eigenvalue weighted by atomic mass is 10.3. The zero-order valence-corrected chi connectivity index (χ0v) is 11.9. The minimum Gasteiger partial charge on any atom is -0.394 e. The lowest BCUT2D eigenvalue weighted by Gasteiger charge is -2.32. The molecule has 0 aromatic carbocycles. The van der Waals surface area contributed by atoms with Crippen LogP contribution in [0.4, 0.5) is 0 Å². The van der Waals surface area contributed by atoms with E-state index in [1.807, 2.05) is 13.8 Å². The summed E-state index contributed by atoms with van der Waals surface area (Å²) in [7, 11) is -2.01. The van der Waals surface area contributed by atoms with Crippen molar-refractivity contribution in [3.05, 3.63) is 0 Å². The fraction of sp³-hybridized carbons (Fsp3) is 1.00. The van der Waals surface area contributed by atoms with Gasteiger partial charge >= 0.3 is 8.56 Å². The molecule has 15 heavy (non-hydrogen) atoms. The summed E-state index contributed by atoms with van der Waals surface area (Å²) in [6.07, 6.45) is 2.44. The van der Waals surface area contributed by atoms with Gasteiger partial charge in [-0.25, -0.2) is 0 Å². The molecule has 0 spiro atoms. The van der Waals surface area contributed by atoms with Crippen molar-refractivity contribution in [1.82, 2.24) is 5.32 Å². The number of nitrogens with one attached hydrogen (secondary N) is 1. The Morgan fingerprint density at radius 3 is 2.07 bits per heavy atom. The van der Waals surface area contributed by atoms with Crippen molar-refractivity contribution in [1.29, 1.82) is 0 Å². The van der Waals surface area contributed by atoms with Crippen LogP contribution < -0.4 is 5.32 Å². The van der Waals surface area contributed by atoms with Gasteiger partial charge in [0.25, 0.3) is 0 Å². The second-order valence-electron chi connectivity index (χ2n) is 3.91. The summed E-state index contributed by atoms with van der Waals surface area (Å²) in [6.45, 7) is 13.1. The summed E-state index contributed by atoms with van der Waals surface area (Å²) >= 11 is 0. The number of hydrogen-bond donors (Lipinski definition) is 1. The molecule has 1 unspecified atom stereocenters. The van der Waals surface area contributed by atoms with Gasteiger partial charge in [0.15, 0.2) is 0 Å². The Morgan fingerprint density at radius 2 is 1.67 bits per heavy atom. The van der Waals surface area contributed by atoms with Gasteiger partial charge in [0.1, 0.15) is 0 Å². The molecule has 92 valence electrons. The first-order chi connectivity index (χ1) is 7.10. The zero-order valence-electron chi connectivity index (χ0n) is 10.9. The van der Waals surface area contributed by atoms with Crippen LogP contribution in [-0.4, -0.2) is 34.0 Å². The number of unbranched alkanes of at least 4 members (excludes halogenated alkanes) is 1. The third-order valence-electron chi connectivity index (χ3n) is 2.63. The van der Waals surface area contributed by atoms with Crippen LogP contribution in [0, 0.1) is 0 Å². The lowest BCUT2D eigenvalue weighted by molar-refractivity contribution is 0.176. The van der Waals surface area contributed by atoms with Gasteiger partial charge in [-0.2, -0.15) is 0 Å². The third-order valence-corrected chi connectivity index (χ3v) is 6.13. The Morgan fingerprint density at radius 1 is 1.13 bits per heavy atom. The van der Waals surface area contributed by atoms with E-state index < -0.39 is 8.56 Å². The fourth-order valence-electron chi connectivity index (χ4n) is 1.55. The van der Waals surface area contributed by atoms with Crippen molar-refractivity contribution in [2.24, 2.45) is 0 Å². The predicted molar refractivity (Wildman–Crippen MR) is 67.2 cm³/mol. The van der Waals surface area contributed by atoms with E-state index in [4.69, 9.17) is 8.85 Å². The summed E-state index contributed by atoms with van der Waals surface area (Å²) in [5.41, 5.74) is 0.351. The Balaban J connectivity index is 4.08. The Hall–Kier alpha value is 0.0969. The van der Waals surface area contributed by atoms with Crippen molar-refractivity contribution in [2.75, 3.05) is 19.8 Å². The van der Waals surface area contributed by atoms with Gasteiger partial charge in [-0.05, 0) is 40.3 Å². The first-order valence-electron chi connectivity index (χ1n) is 6.12. The van der Waals surface area contributed by atoms with Gasteiger partial charge < -0.3 is 14.2 Å². The molecule has 1 N–H and O–H groups in total. The Bertz CT molecular complexity index is 150. The largest absolute Gasteiger partial charge is 0.394 e. The van der Waals surface area contributed by atoms with Crippen LogP contribution in [0.3, 0.4) is 0 Å². The van der Waals surface area contributed by atoms with Gasteiger partial charge in [-0.15, -0.1) is 0 Å². The highest BCUT2D eigenvalue weighted by Gasteiger charge is 2.37. The Kier molecular flexibility index (Phi) is 8.33. The normalized spacial score (nSPS) is 14.2. The molecular weight excluding hydrogens is 206 g/mol. The maximum absolute atomic E-state index is 5.82. The van der Waals surface area contributed by atoms with Crippen LogP contribution in [0.15, 0.2) is 0 Å². The van der Waals surface area contributed by atoms with Gasteiger partial charge in [0.2, 0.25) is 0 Å². The molecule has 0 radical (unpaired) electrons. The maximum atomic E-state index is 5.82. The maximum Gasteiger partial charge on any atom is 0.352 e. The monoisotopic (exact) mass is 233 g/mol. The standard InChI is InChI=1S/C11H27NO2Si/c1-6-9-10-12-11(4)15(5,13-7-2)14-8-3/h11-12H,6-10H2,1-5H3. The molecule has 0 aromatic heterocycles. The van der Waals surface area contributed by atoms with E-state index in [0.717, 1.165) is 19.8 Å². The molecule has 3 nitrogen and oxygen atoms in total. The van der Waals surface area contributed by atoms with Crippen molar-refractivity contribution in [2.45, 2.75) is 52.7 Å². The van der Waals surface area contributed by atoms with Crippen molar-refractivity contribution in [3.63, 3.8) is 0 Å². The first kappa shape index (κ1) is 15.1. The Labute approximate surface area is 95.8 Å². The molecule has 0 saturated carbocycles. The quantitative estimate of drug-likeness (QED) is 0.490. The van der Waals surface area contributed by atoms with Gasteiger partial charge in [0.05, 0.1) is 0 Å². The van der Waals surface area contributed by atoms with Crippen LogP contribution in [0.1, 0.15) is 40.5 Å². The molecule has 0 aliphatic rings. The zero-order chi connectivity index (χ0) is 11.7. The predicted octanol–water partition coefficient (Wildman–Crippen LogP) is 2.45. The summed E-state index contributed by atoms with van der Waals surface area (Å²) in [6, 6.07) is 0. The summed E-state index contributed by atoms with van der Waals surface area (Å²) in [4.78, 5) is 0. The fourth-order valence-corrected chi connectivity index (χ4v) is 3.79. The molecule has 0 heterocycles. The highest BCUT2D eigenvalue weighted by Crippen LogP contribution is 2.12. The van der Waals surface area contributed by atoms with E-state index in [1.54, 1.807) is 0 Å². The van der Waals surface area contributed by atoms with Crippen LogP contribution in [0.2, 0.25) is 6.55 Å². The van der Waals surface area contributed by atoms with E-state index in [1.165, 1.54) is 12.8 Å². The van der Waals surface area contributed by atoms with Crippen LogP contribution in [-0.2, 0) is 8.85 Å². The van der Waals surface area contributed by atoms with Gasteiger partial charge in [-0.3, -0.25) is 0 Å². The van der Waals surface area contributed by atoms with Crippen molar-refractivity contribution < 1.29 is 8.85 Å². The van der Waals surface area contributed by atoms with E-state index >= 15 is 0 Å². The SMILES string of the molecule is CCCCNC(C)[Si](C)(OCC)OCC. The molecule has 0 fully saturated rings. The van der Waals surface area contributed by atoms with Gasteiger partial charge in [-0.1, -0.05) is 13.3 Å². The molecule has 1 atom stereocenters. The van der Waals surface area contributed by atoms with Crippen LogP contribution >= 0.6 is 0 Å². The molecule has 0 aliphatic heterocycles. The van der Waals surface area contributed by atoms with Crippen molar-refractivity contribution in [3.8, 4) is 0 Å². The number of rotatable bonds is 9. The molecule has 0 rings (SSSR count). The van der Waals surface area contributed by atoms with E-state index in [2.05, 4.69) is 25.7 Å². The third kappa shape index (κ3) is 5.66. The second-order valence-corrected chi connectivity index (χ2v) is 7.39. The average Bonchev–Trinajstić information content (AvgIpc) is 2.18. The first-order valence-corrected chi connectivity index (χ1v) is 8.51. The summed E-state index contributed by atoms with van der Waals surface area (Å²) in [5.74, 6) is 0. The number of hydrogen-bond acceptors (Lipinski definition) is 3. The minimum atomic E-state index is -2.01. The van der Waals surface area contributed by atoms with E-state index in [0.29, 0.717) is 5.67 Å². The van der Waals surface area contributed by atoms with Gasteiger partial charge in [0, 0.05) is 18.9 Å². The second kappa shape index (κ2) is 8.27. The van der Waals surface area contributed by atoms with E-state index in [9.17, 15) is 0 Å². The van der Waals surface area contributed by atoms with E-state index in [-0.39, 0.29) is 0 Å². The molecule has 0 aliphatic carbocycles. The molecule has 0 aromatic rings. The molecular formula is C11H27NO2Si. The molecule has 0 saturated heterocycles. The summed E-state index contributed by atoms with van der Waals surface area (Å²) < 4.78 is 11.6. The molecule has 4 heteroatoms. The molecule has 0 amide bonds. The minimum absolute atomic E-state index is 0.351. The smallest absolute Gasteiger partial charge is 0.352 e. The van der Waals surface area contributed by atoms with Crippen molar-refractivity contribution >= 4 is 8.56 Å². The highest BCUT2D eigenvalue weighted by atomic mass is 28.4. The van der Waals surface area contributed by atoms with Crippen LogP contribution in [0.25, 0.3) is 0 Å². The molecule has 0 bridgehead atoms. The highest BCUT2D eigenvalue weighted by molar-refractivity contribution is 6.67.